The number of hydrogen-bond donors (Lipinski definition) is 2. The molecule has 2 N–H and O–H groups in total. The third-order valence-electron chi connectivity index (χ3n) is 2.98. The van der Waals surface area contributed by atoms with E-state index in [0.29, 0.717) is 18.9 Å². The molecule has 0 saturated heterocycles. The number of ether oxygens (including phenoxy) is 1. The maximum atomic E-state index is 11.2. The molecule has 1 atom stereocenters. The highest BCUT2D eigenvalue weighted by Gasteiger charge is 2.18. The molecular formula is C15H23NO3. The molecule has 0 spiro atoms. The lowest BCUT2D eigenvalue weighted by Crippen LogP contribution is -2.37. The van der Waals surface area contributed by atoms with Gasteiger partial charge >= 0.3 is 5.97 Å². The molecule has 4 nitrogen and oxygen atoms in total. The van der Waals surface area contributed by atoms with Crippen molar-refractivity contribution in [1.82, 2.24) is 5.32 Å². The maximum Gasteiger partial charge on any atom is 0.320 e. The van der Waals surface area contributed by atoms with E-state index in [9.17, 15) is 9.90 Å². The van der Waals surface area contributed by atoms with E-state index in [1.54, 1.807) is 7.11 Å². The van der Waals surface area contributed by atoms with Crippen LogP contribution in [0.15, 0.2) is 18.2 Å². The molecule has 0 amide bonds. The van der Waals surface area contributed by atoms with Crippen molar-refractivity contribution in [3.05, 3.63) is 29.3 Å². The van der Waals surface area contributed by atoms with Gasteiger partial charge in [0.15, 0.2) is 0 Å². The van der Waals surface area contributed by atoms with Gasteiger partial charge in [-0.2, -0.15) is 0 Å². The van der Waals surface area contributed by atoms with E-state index in [1.807, 2.05) is 39.0 Å². The number of carboxylic acids is 1. The lowest BCUT2D eigenvalue weighted by molar-refractivity contribution is -0.140. The van der Waals surface area contributed by atoms with Crippen molar-refractivity contribution in [3.63, 3.8) is 0 Å². The van der Waals surface area contributed by atoms with E-state index in [-0.39, 0.29) is 0 Å². The second kappa shape index (κ2) is 7.14. The van der Waals surface area contributed by atoms with Gasteiger partial charge in [0.1, 0.15) is 11.8 Å². The summed E-state index contributed by atoms with van der Waals surface area (Å²) in [6, 6.07) is 5.38. The molecule has 0 heterocycles. The summed E-state index contributed by atoms with van der Waals surface area (Å²) in [7, 11) is 1.62. The van der Waals surface area contributed by atoms with Gasteiger partial charge < -0.3 is 15.2 Å². The first kappa shape index (κ1) is 15.5. The molecule has 0 unspecified atom stereocenters. The topological polar surface area (TPSA) is 58.6 Å². The molecule has 0 saturated carbocycles. The van der Waals surface area contributed by atoms with Crippen molar-refractivity contribution in [1.29, 1.82) is 0 Å². The highest BCUT2D eigenvalue weighted by Crippen LogP contribution is 2.19. The molecule has 0 aliphatic rings. The first-order valence-corrected chi connectivity index (χ1v) is 6.53. The monoisotopic (exact) mass is 265 g/mol. The number of nitrogens with one attached hydrogen (secondary N) is 1. The minimum absolute atomic E-state index is 0.341. The van der Waals surface area contributed by atoms with E-state index >= 15 is 0 Å². The molecule has 1 aromatic rings. The van der Waals surface area contributed by atoms with Gasteiger partial charge in [0.2, 0.25) is 0 Å². The lowest BCUT2D eigenvalue weighted by atomic mass is 10.0. The summed E-state index contributed by atoms with van der Waals surface area (Å²) in [6.07, 6.45) is 0.615. The zero-order valence-electron chi connectivity index (χ0n) is 12.1. The highest BCUT2D eigenvalue weighted by atomic mass is 16.5. The average Bonchev–Trinajstić information content (AvgIpc) is 2.34. The Morgan fingerprint density at radius 1 is 1.42 bits per heavy atom. The SMILES string of the molecule is COc1ccc(C)cc1CN[C@@H](CC(C)C)C(=O)O. The lowest BCUT2D eigenvalue weighted by Gasteiger charge is -2.17. The molecule has 0 bridgehead atoms. The summed E-state index contributed by atoms with van der Waals surface area (Å²) in [5.74, 6) is 0.320. The van der Waals surface area contributed by atoms with Gasteiger partial charge in [-0.1, -0.05) is 31.5 Å². The Morgan fingerprint density at radius 3 is 2.63 bits per heavy atom. The minimum atomic E-state index is -0.805. The molecule has 0 aliphatic heterocycles. The third-order valence-corrected chi connectivity index (χ3v) is 2.98. The van der Waals surface area contributed by atoms with Crippen LogP contribution in [0, 0.1) is 12.8 Å². The number of aryl methyl sites for hydroxylation is 1. The van der Waals surface area contributed by atoms with Crippen LogP contribution in [0.3, 0.4) is 0 Å². The quantitative estimate of drug-likeness (QED) is 0.795. The standard InChI is InChI=1S/C15H23NO3/c1-10(2)7-13(15(17)18)16-9-12-8-11(3)5-6-14(12)19-4/h5-6,8,10,13,16H,7,9H2,1-4H3,(H,17,18)/t13-/m0/s1. The van der Waals surface area contributed by atoms with Gasteiger partial charge in [0.05, 0.1) is 7.11 Å². The summed E-state index contributed by atoms with van der Waals surface area (Å²) in [6.45, 7) is 6.54. The molecule has 1 rings (SSSR count). The summed E-state index contributed by atoms with van der Waals surface area (Å²) in [5.41, 5.74) is 2.12. The Morgan fingerprint density at radius 2 is 2.11 bits per heavy atom. The fourth-order valence-electron chi connectivity index (χ4n) is 2.02. The van der Waals surface area contributed by atoms with Crippen molar-refractivity contribution >= 4 is 5.97 Å². The number of carbonyl (C=O) groups is 1. The zero-order chi connectivity index (χ0) is 14.4. The molecule has 0 aromatic heterocycles. The molecule has 19 heavy (non-hydrogen) atoms. The largest absolute Gasteiger partial charge is 0.496 e. The highest BCUT2D eigenvalue weighted by molar-refractivity contribution is 5.73. The van der Waals surface area contributed by atoms with Crippen molar-refractivity contribution in [3.8, 4) is 5.75 Å². The van der Waals surface area contributed by atoms with Crippen LogP contribution in [-0.2, 0) is 11.3 Å². The van der Waals surface area contributed by atoms with Gasteiger partial charge in [-0.25, -0.2) is 0 Å². The number of aliphatic carboxylic acids is 1. The third kappa shape index (κ3) is 4.91. The van der Waals surface area contributed by atoms with Gasteiger partial charge in [-0.05, 0) is 25.3 Å². The van der Waals surface area contributed by atoms with Crippen molar-refractivity contribution in [2.45, 2.75) is 39.8 Å². The van der Waals surface area contributed by atoms with E-state index < -0.39 is 12.0 Å². The summed E-state index contributed by atoms with van der Waals surface area (Å²) < 4.78 is 5.29. The van der Waals surface area contributed by atoms with Crippen molar-refractivity contribution in [2.24, 2.45) is 5.92 Å². The van der Waals surface area contributed by atoms with Crippen LogP contribution >= 0.6 is 0 Å². The molecule has 0 radical (unpaired) electrons. The van der Waals surface area contributed by atoms with Gasteiger partial charge in [-0.15, -0.1) is 0 Å². The van der Waals surface area contributed by atoms with Gasteiger partial charge in [0.25, 0.3) is 0 Å². The van der Waals surface area contributed by atoms with Crippen LogP contribution in [0.1, 0.15) is 31.4 Å². The van der Waals surface area contributed by atoms with Gasteiger partial charge in [-0.3, -0.25) is 4.79 Å². The fraction of sp³-hybridized carbons (Fsp3) is 0.533. The smallest absolute Gasteiger partial charge is 0.320 e. The number of methoxy groups -OCH3 is 1. The van der Waals surface area contributed by atoms with Gasteiger partial charge in [0, 0.05) is 12.1 Å². The first-order valence-electron chi connectivity index (χ1n) is 6.53. The Hall–Kier alpha value is -1.55. The molecule has 106 valence electrons. The van der Waals surface area contributed by atoms with E-state index in [2.05, 4.69) is 5.32 Å². The first-order chi connectivity index (χ1) is 8.93. The Labute approximate surface area is 114 Å². The van der Waals surface area contributed by atoms with Crippen molar-refractivity contribution < 1.29 is 14.6 Å². The molecule has 1 aromatic carbocycles. The van der Waals surface area contributed by atoms with E-state index in [4.69, 9.17) is 4.74 Å². The summed E-state index contributed by atoms with van der Waals surface area (Å²) in [5, 5.41) is 12.3. The molecule has 0 aliphatic carbocycles. The predicted molar refractivity (Wildman–Crippen MR) is 75.4 cm³/mol. The zero-order valence-corrected chi connectivity index (χ0v) is 12.1. The normalized spacial score (nSPS) is 12.5. The van der Waals surface area contributed by atoms with E-state index in [1.165, 1.54) is 0 Å². The summed E-state index contributed by atoms with van der Waals surface area (Å²) >= 11 is 0. The predicted octanol–water partition coefficient (Wildman–Crippen LogP) is 2.59. The van der Waals surface area contributed by atoms with Crippen LogP contribution < -0.4 is 10.1 Å². The second-order valence-corrected chi connectivity index (χ2v) is 5.22. The fourth-order valence-corrected chi connectivity index (χ4v) is 2.02. The van der Waals surface area contributed by atoms with Crippen LogP contribution in [0.25, 0.3) is 0 Å². The second-order valence-electron chi connectivity index (χ2n) is 5.22. The number of carboxylic acid groups (broad SMARTS) is 1. The van der Waals surface area contributed by atoms with Crippen LogP contribution in [0.4, 0.5) is 0 Å². The Balaban J connectivity index is 2.73. The van der Waals surface area contributed by atoms with Crippen LogP contribution in [0.5, 0.6) is 5.75 Å². The number of benzene rings is 1. The van der Waals surface area contributed by atoms with E-state index in [0.717, 1.165) is 16.9 Å². The van der Waals surface area contributed by atoms with Crippen LogP contribution in [0.2, 0.25) is 0 Å². The van der Waals surface area contributed by atoms with Crippen molar-refractivity contribution in [2.75, 3.05) is 7.11 Å². The van der Waals surface area contributed by atoms with Crippen LogP contribution in [-0.4, -0.2) is 24.2 Å². The molecule has 4 heteroatoms. The maximum absolute atomic E-state index is 11.2. The molecule has 0 fully saturated rings. The Kier molecular flexibility index (Phi) is 5.83. The Bertz CT molecular complexity index is 429. The number of rotatable bonds is 7. The average molecular weight is 265 g/mol. The minimum Gasteiger partial charge on any atom is -0.496 e. The molecular weight excluding hydrogens is 242 g/mol. The number of hydrogen-bond acceptors (Lipinski definition) is 3. The summed E-state index contributed by atoms with van der Waals surface area (Å²) in [4.78, 5) is 11.2.